The van der Waals surface area contributed by atoms with Crippen molar-refractivity contribution in [1.29, 1.82) is 0 Å². The molecule has 1 amide bonds. The molecule has 150 valence electrons. The van der Waals surface area contributed by atoms with Crippen LogP contribution < -0.4 is 0 Å². The number of rotatable bonds is 4. The van der Waals surface area contributed by atoms with Gasteiger partial charge in [0, 0.05) is 48.4 Å². The quantitative estimate of drug-likeness (QED) is 0.680. The maximum absolute atomic E-state index is 12.1. The lowest BCUT2D eigenvalue weighted by Crippen LogP contribution is -2.38. The van der Waals surface area contributed by atoms with Crippen LogP contribution in [0.4, 0.5) is 4.79 Å². The van der Waals surface area contributed by atoms with E-state index in [9.17, 15) is 4.79 Å². The highest BCUT2D eigenvalue weighted by molar-refractivity contribution is 5.68. The Kier molecular flexibility index (Phi) is 3.85. The van der Waals surface area contributed by atoms with Gasteiger partial charge in [-0.2, -0.15) is 10.2 Å². The van der Waals surface area contributed by atoms with Gasteiger partial charge >= 0.3 is 6.09 Å². The van der Waals surface area contributed by atoms with Crippen molar-refractivity contribution in [1.82, 2.24) is 29.3 Å². The van der Waals surface area contributed by atoms with Crippen LogP contribution in [0.1, 0.15) is 56.0 Å². The van der Waals surface area contributed by atoms with Crippen LogP contribution in [-0.4, -0.2) is 54.6 Å². The second-order valence-corrected chi connectivity index (χ2v) is 8.50. The Morgan fingerprint density at radius 3 is 2.48 bits per heavy atom. The topological polar surface area (TPSA) is 77.5 Å². The molecule has 0 radical (unpaired) electrons. The van der Waals surface area contributed by atoms with Crippen molar-refractivity contribution in [2.45, 2.75) is 56.6 Å². The maximum Gasteiger partial charge on any atom is 0.410 e. The lowest BCUT2D eigenvalue weighted by molar-refractivity contribution is 0.0868. The molecular weight excluding hydrogens is 368 g/mol. The van der Waals surface area contributed by atoms with Crippen molar-refractivity contribution >= 4 is 11.7 Å². The van der Waals surface area contributed by atoms with E-state index < -0.39 is 0 Å². The van der Waals surface area contributed by atoms with Crippen molar-refractivity contribution in [3.05, 3.63) is 36.5 Å². The zero-order chi connectivity index (χ0) is 19.4. The van der Waals surface area contributed by atoms with E-state index in [1.54, 1.807) is 0 Å². The van der Waals surface area contributed by atoms with Crippen LogP contribution in [0.25, 0.3) is 16.8 Å². The Labute approximate surface area is 168 Å². The monoisotopic (exact) mass is 392 g/mol. The smallest absolute Gasteiger partial charge is 0.410 e. The van der Waals surface area contributed by atoms with Crippen LogP contribution in [0, 0.1) is 0 Å². The molecule has 1 saturated heterocycles. The Hall–Kier alpha value is -2.90. The first-order valence-electron chi connectivity index (χ1n) is 10.6. The predicted octanol–water partition coefficient (Wildman–Crippen LogP) is 3.41. The third kappa shape index (κ3) is 3.26. The Morgan fingerprint density at radius 2 is 1.72 bits per heavy atom. The van der Waals surface area contributed by atoms with E-state index in [1.807, 2.05) is 34.2 Å². The molecule has 0 bridgehead atoms. The fourth-order valence-electron chi connectivity index (χ4n) is 4.13. The summed E-state index contributed by atoms with van der Waals surface area (Å²) in [6.45, 7) is 1.46. The van der Waals surface area contributed by atoms with Crippen molar-refractivity contribution in [3.63, 3.8) is 0 Å². The summed E-state index contributed by atoms with van der Waals surface area (Å²) in [4.78, 5) is 18.7. The normalized spacial score (nSPS) is 20.3. The molecule has 8 nitrogen and oxygen atoms in total. The Bertz CT molecular complexity index is 1060. The molecule has 0 atom stereocenters. The van der Waals surface area contributed by atoms with Gasteiger partial charge in [0.05, 0.1) is 18.4 Å². The van der Waals surface area contributed by atoms with Crippen molar-refractivity contribution < 1.29 is 9.53 Å². The Morgan fingerprint density at radius 1 is 0.931 bits per heavy atom. The average molecular weight is 392 g/mol. The van der Waals surface area contributed by atoms with Gasteiger partial charge in [0.15, 0.2) is 5.65 Å². The van der Waals surface area contributed by atoms with E-state index in [4.69, 9.17) is 9.72 Å². The number of nitrogens with zero attached hydrogens (tertiary/aromatic N) is 6. The number of carbonyl (C=O) groups excluding carboxylic acids is 1. The first-order valence-corrected chi connectivity index (χ1v) is 10.6. The summed E-state index contributed by atoms with van der Waals surface area (Å²) in [7, 11) is 0. The molecule has 6 rings (SSSR count). The number of hydrogen-bond acceptors (Lipinski definition) is 5. The molecule has 0 spiro atoms. The van der Waals surface area contributed by atoms with E-state index >= 15 is 0 Å². The minimum atomic E-state index is -0.152. The van der Waals surface area contributed by atoms with Crippen LogP contribution in [0.15, 0.2) is 31.0 Å². The molecule has 2 saturated carbocycles. The van der Waals surface area contributed by atoms with Gasteiger partial charge in [0.2, 0.25) is 0 Å². The Balaban J connectivity index is 1.17. The fraction of sp³-hybridized carbons (Fsp3) is 0.524. The molecule has 1 aliphatic heterocycles. The zero-order valence-corrected chi connectivity index (χ0v) is 16.3. The number of hydrogen-bond donors (Lipinski definition) is 0. The zero-order valence-electron chi connectivity index (χ0n) is 16.3. The molecule has 4 heterocycles. The first-order chi connectivity index (χ1) is 14.2. The van der Waals surface area contributed by atoms with Crippen LogP contribution in [0.3, 0.4) is 0 Å². The molecule has 0 N–H and O–H groups in total. The summed E-state index contributed by atoms with van der Waals surface area (Å²) in [6, 6.07) is 0.573. The lowest BCUT2D eigenvalue weighted by Gasteiger charge is -2.30. The molecule has 3 fully saturated rings. The van der Waals surface area contributed by atoms with Gasteiger partial charge in [-0.1, -0.05) is 0 Å². The SMILES string of the molecule is O=C(OC1CC1)N1CCC(c2cnn3cc(-c4cnn(C5CC5)c4)cnc23)CC1. The van der Waals surface area contributed by atoms with Crippen molar-refractivity contribution in [2.75, 3.05) is 13.1 Å². The lowest BCUT2D eigenvalue weighted by atomic mass is 9.91. The van der Waals surface area contributed by atoms with E-state index in [-0.39, 0.29) is 12.2 Å². The maximum atomic E-state index is 12.1. The molecule has 8 heteroatoms. The van der Waals surface area contributed by atoms with Gasteiger partial charge in [-0.25, -0.2) is 14.3 Å². The minimum Gasteiger partial charge on any atom is -0.446 e. The second kappa shape index (κ2) is 6.57. The third-order valence-corrected chi connectivity index (χ3v) is 6.22. The minimum absolute atomic E-state index is 0.152. The number of fused-ring (bicyclic) bond motifs is 1. The van der Waals surface area contributed by atoms with Gasteiger partial charge in [-0.05, 0) is 44.4 Å². The third-order valence-electron chi connectivity index (χ3n) is 6.22. The molecule has 3 aromatic heterocycles. The largest absolute Gasteiger partial charge is 0.446 e. The van der Waals surface area contributed by atoms with E-state index in [0.29, 0.717) is 12.0 Å². The van der Waals surface area contributed by atoms with Gasteiger partial charge in [-0.15, -0.1) is 0 Å². The molecule has 0 unspecified atom stereocenters. The molecule has 29 heavy (non-hydrogen) atoms. The number of aromatic nitrogens is 5. The van der Waals surface area contributed by atoms with Crippen LogP contribution in [-0.2, 0) is 4.74 Å². The molecule has 3 aromatic rings. The summed E-state index contributed by atoms with van der Waals surface area (Å²) in [5.74, 6) is 0.369. The van der Waals surface area contributed by atoms with Crippen LogP contribution >= 0.6 is 0 Å². The van der Waals surface area contributed by atoms with E-state index in [0.717, 1.165) is 55.5 Å². The van der Waals surface area contributed by atoms with Crippen LogP contribution in [0.5, 0.6) is 0 Å². The molecular formula is C21H24N6O2. The van der Waals surface area contributed by atoms with E-state index in [2.05, 4.69) is 21.1 Å². The van der Waals surface area contributed by atoms with Crippen molar-refractivity contribution in [2.24, 2.45) is 0 Å². The number of carbonyl (C=O) groups is 1. The fourth-order valence-corrected chi connectivity index (χ4v) is 4.13. The highest BCUT2D eigenvalue weighted by Crippen LogP contribution is 2.35. The predicted molar refractivity (Wildman–Crippen MR) is 106 cm³/mol. The molecule has 0 aromatic carbocycles. The van der Waals surface area contributed by atoms with Gasteiger partial charge in [-0.3, -0.25) is 4.68 Å². The number of amides is 1. The van der Waals surface area contributed by atoms with E-state index in [1.165, 1.54) is 18.4 Å². The molecule has 2 aliphatic carbocycles. The summed E-state index contributed by atoms with van der Waals surface area (Å²) >= 11 is 0. The number of piperidine rings is 1. The summed E-state index contributed by atoms with van der Waals surface area (Å²) in [5, 5.41) is 9.03. The highest BCUT2D eigenvalue weighted by Gasteiger charge is 2.31. The average Bonchev–Trinajstić information content (AvgIpc) is 3.67. The summed E-state index contributed by atoms with van der Waals surface area (Å²) in [6.07, 6.45) is 16.2. The summed E-state index contributed by atoms with van der Waals surface area (Å²) < 4.78 is 9.34. The summed E-state index contributed by atoms with van der Waals surface area (Å²) in [5.41, 5.74) is 4.17. The highest BCUT2D eigenvalue weighted by atomic mass is 16.6. The van der Waals surface area contributed by atoms with Gasteiger partial charge in [0.25, 0.3) is 0 Å². The van der Waals surface area contributed by atoms with Gasteiger partial charge in [0.1, 0.15) is 6.10 Å². The number of likely N-dealkylation sites (tertiary alicyclic amines) is 1. The van der Waals surface area contributed by atoms with Gasteiger partial charge < -0.3 is 9.64 Å². The molecule has 3 aliphatic rings. The van der Waals surface area contributed by atoms with Crippen LogP contribution in [0.2, 0.25) is 0 Å². The second-order valence-electron chi connectivity index (χ2n) is 8.50. The standard InChI is InChI=1S/C21H24N6O2/c28-21(29-18-3-4-18)25-7-5-14(6-8-25)19-11-24-27-13-15(9-22-20(19)27)16-10-23-26(12-16)17-1-2-17/h9-14,17-18H,1-8H2. The number of ether oxygens (including phenoxy) is 1. The van der Waals surface area contributed by atoms with Crippen molar-refractivity contribution in [3.8, 4) is 11.1 Å². The first kappa shape index (κ1) is 17.0.